The van der Waals surface area contributed by atoms with Crippen molar-refractivity contribution in [2.75, 3.05) is 12.4 Å². The van der Waals surface area contributed by atoms with Gasteiger partial charge < -0.3 is 9.88 Å². The Morgan fingerprint density at radius 2 is 2.10 bits per heavy atom. The molecule has 0 radical (unpaired) electrons. The monoisotopic (exact) mass is 286 g/mol. The average Bonchev–Trinajstić information content (AvgIpc) is 3.00. The molecule has 0 aliphatic rings. The van der Waals surface area contributed by atoms with Crippen molar-refractivity contribution in [2.24, 2.45) is 0 Å². The number of fused-ring (bicyclic) bond motifs is 1. The highest BCUT2D eigenvalue weighted by Gasteiger charge is 2.19. The summed E-state index contributed by atoms with van der Waals surface area (Å²) >= 11 is 1.49. The smallest absolute Gasteiger partial charge is 0.146 e. The van der Waals surface area contributed by atoms with Gasteiger partial charge in [-0.1, -0.05) is 19.1 Å². The Labute approximate surface area is 122 Å². The molecule has 4 nitrogen and oxygen atoms in total. The van der Waals surface area contributed by atoms with Crippen LogP contribution in [0.2, 0.25) is 0 Å². The van der Waals surface area contributed by atoms with Gasteiger partial charge >= 0.3 is 0 Å². The minimum atomic E-state index is 0.967. The van der Waals surface area contributed by atoms with Crippen molar-refractivity contribution in [3.05, 3.63) is 30.0 Å². The van der Waals surface area contributed by atoms with Crippen LogP contribution in [-0.4, -0.2) is 21.0 Å². The van der Waals surface area contributed by atoms with Gasteiger partial charge in [-0.15, -0.1) is 0 Å². The van der Waals surface area contributed by atoms with Gasteiger partial charge in [0.2, 0.25) is 0 Å². The summed E-state index contributed by atoms with van der Waals surface area (Å²) < 4.78 is 6.76. The van der Waals surface area contributed by atoms with E-state index in [1.807, 2.05) is 20.0 Å². The molecule has 3 rings (SSSR count). The maximum Gasteiger partial charge on any atom is 0.146 e. The van der Waals surface area contributed by atoms with Crippen molar-refractivity contribution in [3.63, 3.8) is 0 Å². The van der Waals surface area contributed by atoms with E-state index in [1.165, 1.54) is 17.0 Å². The lowest BCUT2D eigenvalue weighted by molar-refractivity contribution is 0.704. The van der Waals surface area contributed by atoms with E-state index in [4.69, 9.17) is 4.98 Å². The molecule has 5 heteroatoms. The predicted octanol–water partition coefficient (Wildman–Crippen LogP) is 3.92. The molecular weight excluding hydrogens is 268 g/mol. The molecule has 0 aliphatic heterocycles. The Hall–Kier alpha value is -1.88. The van der Waals surface area contributed by atoms with Gasteiger partial charge in [0.25, 0.3) is 0 Å². The summed E-state index contributed by atoms with van der Waals surface area (Å²) in [5, 5.41) is 4.31. The summed E-state index contributed by atoms with van der Waals surface area (Å²) in [5.74, 6) is 1.02. The Bertz CT molecular complexity index is 741. The van der Waals surface area contributed by atoms with Crippen molar-refractivity contribution in [1.82, 2.24) is 13.9 Å². The largest absolute Gasteiger partial charge is 0.378 e. The van der Waals surface area contributed by atoms with E-state index < -0.39 is 0 Å². The molecule has 0 amide bonds. The van der Waals surface area contributed by atoms with Gasteiger partial charge in [0.05, 0.1) is 22.3 Å². The average molecular weight is 286 g/mol. The van der Waals surface area contributed by atoms with Gasteiger partial charge in [-0.2, -0.15) is 4.37 Å². The number of anilines is 1. The Kier molecular flexibility index (Phi) is 3.44. The van der Waals surface area contributed by atoms with Crippen molar-refractivity contribution in [3.8, 4) is 11.4 Å². The van der Waals surface area contributed by atoms with E-state index in [-0.39, 0.29) is 0 Å². The van der Waals surface area contributed by atoms with E-state index in [9.17, 15) is 0 Å². The third-order valence-corrected chi connectivity index (χ3v) is 4.37. The van der Waals surface area contributed by atoms with Gasteiger partial charge in [0.1, 0.15) is 10.8 Å². The first-order valence-electron chi connectivity index (χ1n) is 6.86. The van der Waals surface area contributed by atoms with Gasteiger partial charge in [-0.05, 0) is 37.0 Å². The van der Waals surface area contributed by atoms with Crippen LogP contribution in [-0.2, 0) is 6.54 Å². The molecule has 1 aromatic carbocycles. The zero-order chi connectivity index (χ0) is 14.1. The first kappa shape index (κ1) is 13.1. The molecule has 2 heterocycles. The number of hydrogen-bond acceptors (Lipinski definition) is 4. The number of benzene rings is 1. The molecule has 0 saturated carbocycles. The van der Waals surface area contributed by atoms with E-state index >= 15 is 0 Å². The number of nitrogens with one attached hydrogen (secondary N) is 1. The normalized spacial score (nSPS) is 11.2. The van der Waals surface area contributed by atoms with Crippen LogP contribution >= 0.6 is 11.5 Å². The van der Waals surface area contributed by atoms with Crippen LogP contribution in [0.25, 0.3) is 22.4 Å². The number of para-hydroxylation sites is 2. The summed E-state index contributed by atoms with van der Waals surface area (Å²) in [5.41, 5.74) is 4.40. The molecule has 0 aliphatic carbocycles. The lowest BCUT2D eigenvalue weighted by atomic mass is 10.2. The van der Waals surface area contributed by atoms with E-state index in [1.54, 1.807) is 0 Å². The fourth-order valence-electron chi connectivity index (χ4n) is 2.52. The number of imidazole rings is 1. The van der Waals surface area contributed by atoms with Crippen molar-refractivity contribution in [2.45, 2.75) is 26.8 Å². The first-order chi connectivity index (χ1) is 9.76. The molecular formula is C15H18N4S. The molecule has 0 atom stereocenters. The lowest BCUT2D eigenvalue weighted by Crippen LogP contribution is -2.01. The fraction of sp³-hybridized carbons (Fsp3) is 0.333. The molecule has 3 aromatic rings. The maximum absolute atomic E-state index is 4.83. The molecule has 0 bridgehead atoms. The summed E-state index contributed by atoms with van der Waals surface area (Å²) in [6, 6.07) is 8.31. The number of rotatable bonds is 4. The zero-order valence-corrected chi connectivity index (χ0v) is 12.8. The maximum atomic E-state index is 4.83. The topological polar surface area (TPSA) is 42.7 Å². The number of hydrogen-bond donors (Lipinski definition) is 1. The number of aryl methyl sites for hydroxylation is 2. The molecule has 0 saturated heterocycles. The summed E-state index contributed by atoms with van der Waals surface area (Å²) in [6.07, 6.45) is 1.08. The van der Waals surface area contributed by atoms with Crippen LogP contribution in [0, 0.1) is 6.92 Å². The second-order valence-electron chi connectivity index (χ2n) is 4.80. The highest BCUT2D eigenvalue weighted by atomic mass is 32.1. The van der Waals surface area contributed by atoms with Crippen molar-refractivity contribution in [1.29, 1.82) is 0 Å². The lowest BCUT2D eigenvalue weighted by Gasteiger charge is -2.08. The standard InChI is InChI=1S/C15H18N4S/c1-4-9-19-12-8-6-5-7-11(12)17-14(19)13-10(2)18-20-15(13)16-3/h5-8,16H,4,9H2,1-3H3. The van der Waals surface area contributed by atoms with Crippen LogP contribution in [0.5, 0.6) is 0 Å². The number of nitrogens with zero attached hydrogens (tertiary/aromatic N) is 3. The molecule has 104 valence electrons. The van der Waals surface area contributed by atoms with Crippen molar-refractivity contribution >= 4 is 27.6 Å². The van der Waals surface area contributed by atoms with Crippen LogP contribution in [0.4, 0.5) is 5.00 Å². The Morgan fingerprint density at radius 3 is 2.85 bits per heavy atom. The van der Waals surface area contributed by atoms with Gasteiger partial charge in [-0.25, -0.2) is 4.98 Å². The van der Waals surface area contributed by atoms with E-state index in [2.05, 4.69) is 39.4 Å². The van der Waals surface area contributed by atoms with Crippen molar-refractivity contribution < 1.29 is 0 Å². The van der Waals surface area contributed by atoms with Gasteiger partial charge in [0.15, 0.2) is 0 Å². The minimum Gasteiger partial charge on any atom is -0.378 e. The van der Waals surface area contributed by atoms with Crippen LogP contribution in [0.1, 0.15) is 19.0 Å². The number of aromatic nitrogens is 3. The molecule has 1 N–H and O–H groups in total. The van der Waals surface area contributed by atoms with E-state index in [0.29, 0.717) is 0 Å². The SMILES string of the molecule is CCCn1c(-c2c(C)nsc2NC)nc2ccccc21. The molecule has 20 heavy (non-hydrogen) atoms. The second kappa shape index (κ2) is 5.25. The zero-order valence-electron chi connectivity index (χ0n) is 12.0. The third kappa shape index (κ3) is 1.98. The molecule has 0 fully saturated rings. The molecule has 0 unspecified atom stereocenters. The summed E-state index contributed by atoms with van der Waals surface area (Å²) in [4.78, 5) is 4.83. The molecule has 0 spiro atoms. The summed E-state index contributed by atoms with van der Waals surface area (Å²) in [6.45, 7) is 5.20. The Balaban J connectivity index is 2.29. The highest BCUT2D eigenvalue weighted by Crippen LogP contribution is 2.35. The second-order valence-corrected chi connectivity index (χ2v) is 5.57. The minimum absolute atomic E-state index is 0.967. The predicted molar refractivity (Wildman–Crippen MR) is 85.4 cm³/mol. The Morgan fingerprint density at radius 1 is 1.30 bits per heavy atom. The van der Waals surface area contributed by atoms with Gasteiger partial charge in [-0.3, -0.25) is 0 Å². The van der Waals surface area contributed by atoms with Gasteiger partial charge in [0, 0.05) is 13.6 Å². The fourth-order valence-corrected chi connectivity index (χ4v) is 3.26. The van der Waals surface area contributed by atoms with E-state index in [0.717, 1.165) is 40.6 Å². The van der Waals surface area contributed by atoms with Crippen LogP contribution < -0.4 is 5.32 Å². The van der Waals surface area contributed by atoms with Crippen LogP contribution in [0.3, 0.4) is 0 Å². The highest BCUT2D eigenvalue weighted by molar-refractivity contribution is 7.10. The van der Waals surface area contributed by atoms with Crippen LogP contribution in [0.15, 0.2) is 24.3 Å². The first-order valence-corrected chi connectivity index (χ1v) is 7.63. The third-order valence-electron chi connectivity index (χ3n) is 3.42. The summed E-state index contributed by atoms with van der Waals surface area (Å²) in [7, 11) is 1.93. The quantitative estimate of drug-likeness (QED) is 0.790. The molecule has 2 aromatic heterocycles.